The summed E-state index contributed by atoms with van der Waals surface area (Å²) in [7, 11) is 0. The number of rotatable bonds is 24. The normalized spacial score (nSPS) is 12.3. The van der Waals surface area contributed by atoms with Crippen molar-refractivity contribution >= 4 is 29.2 Å². The molecule has 50 heavy (non-hydrogen) atoms. The fourth-order valence-corrected chi connectivity index (χ4v) is 4.74. The SMILES string of the molecule is CCC=CCC=CCC=CCC=CCC=CCC=CCCC(=O)NCCCCNC(=O)C(C)(C)Oc1ccc(C(=O)c2ccc(Cl)cc2)cc1. The van der Waals surface area contributed by atoms with Crippen LogP contribution in [0.5, 0.6) is 5.75 Å². The summed E-state index contributed by atoms with van der Waals surface area (Å²) in [4.78, 5) is 37.6. The average molecular weight is 699 g/mol. The zero-order chi connectivity index (χ0) is 36.3. The van der Waals surface area contributed by atoms with E-state index < -0.39 is 5.60 Å². The van der Waals surface area contributed by atoms with E-state index in [9.17, 15) is 14.4 Å². The summed E-state index contributed by atoms with van der Waals surface area (Å²) < 4.78 is 5.93. The number of amides is 2. The Morgan fingerprint density at radius 1 is 0.640 bits per heavy atom. The van der Waals surface area contributed by atoms with E-state index in [4.69, 9.17) is 16.3 Å². The van der Waals surface area contributed by atoms with Gasteiger partial charge in [-0.25, -0.2) is 0 Å². The van der Waals surface area contributed by atoms with Gasteiger partial charge in [0, 0.05) is 35.7 Å². The number of nitrogens with one attached hydrogen (secondary N) is 2. The molecule has 0 radical (unpaired) electrons. The minimum atomic E-state index is -1.10. The van der Waals surface area contributed by atoms with Crippen molar-refractivity contribution in [2.45, 2.75) is 90.6 Å². The molecule has 2 aromatic carbocycles. The van der Waals surface area contributed by atoms with Crippen LogP contribution >= 0.6 is 11.6 Å². The summed E-state index contributed by atoms with van der Waals surface area (Å²) in [6, 6.07) is 13.5. The molecule has 6 nitrogen and oxygen atoms in total. The van der Waals surface area contributed by atoms with Crippen LogP contribution in [0.2, 0.25) is 5.02 Å². The van der Waals surface area contributed by atoms with Crippen molar-refractivity contribution in [3.05, 3.63) is 138 Å². The van der Waals surface area contributed by atoms with Gasteiger partial charge in [0.15, 0.2) is 11.4 Å². The smallest absolute Gasteiger partial charge is 0.263 e. The summed E-state index contributed by atoms with van der Waals surface area (Å²) in [6.45, 7) is 6.60. The Morgan fingerprint density at radius 2 is 1.08 bits per heavy atom. The first-order chi connectivity index (χ1) is 24.2. The third-order valence-corrected chi connectivity index (χ3v) is 7.74. The predicted molar refractivity (Wildman–Crippen MR) is 209 cm³/mol. The number of hydrogen-bond acceptors (Lipinski definition) is 4. The van der Waals surface area contributed by atoms with Crippen molar-refractivity contribution in [3.63, 3.8) is 0 Å². The topological polar surface area (TPSA) is 84.5 Å². The summed E-state index contributed by atoms with van der Waals surface area (Å²) in [6.07, 6.45) is 34.5. The number of ketones is 1. The quantitative estimate of drug-likeness (QED) is 0.0649. The molecule has 7 heteroatoms. The largest absolute Gasteiger partial charge is 0.478 e. The minimum Gasteiger partial charge on any atom is -0.478 e. The Bertz CT molecular complexity index is 1470. The van der Waals surface area contributed by atoms with Crippen LogP contribution in [-0.4, -0.2) is 36.3 Å². The van der Waals surface area contributed by atoms with Crippen molar-refractivity contribution in [1.29, 1.82) is 0 Å². The first-order valence-corrected chi connectivity index (χ1v) is 18.1. The molecule has 0 saturated heterocycles. The summed E-state index contributed by atoms with van der Waals surface area (Å²) in [5.41, 5.74) is -0.0388. The van der Waals surface area contributed by atoms with Gasteiger partial charge in [-0.3, -0.25) is 14.4 Å². The number of halogens is 1. The van der Waals surface area contributed by atoms with Gasteiger partial charge in [0.05, 0.1) is 0 Å². The first kappa shape index (κ1) is 41.7. The van der Waals surface area contributed by atoms with Gasteiger partial charge in [0.1, 0.15) is 5.75 Å². The van der Waals surface area contributed by atoms with E-state index in [2.05, 4.69) is 84.4 Å². The zero-order valence-electron chi connectivity index (χ0n) is 30.0. The number of ether oxygens (including phenoxy) is 1. The number of carbonyl (C=O) groups excluding carboxylic acids is 3. The Hall–Kier alpha value is -4.42. The fraction of sp³-hybridized carbons (Fsp3) is 0.372. The highest BCUT2D eigenvalue weighted by Gasteiger charge is 2.29. The van der Waals surface area contributed by atoms with E-state index in [0.717, 1.165) is 51.4 Å². The lowest BCUT2D eigenvalue weighted by atomic mass is 10.0. The Kier molecular flexibility index (Phi) is 21.3. The van der Waals surface area contributed by atoms with Gasteiger partial charge in [-0.05, 0) is 120 Å². The Labute approximate surface area is 305 Å². The van der Waals surface area contributed by atoms with E-state index in [0.29, 0.717) is 47.8 Å². The van der Waals surface area contributed by atoms with Crippen LogP contribution in [0.1, 0.15) is 101 Å². The molecule has 268 valence electrons. The van der Waals surface area contributed by atoms with Gasteiger partial charge in [-0.15, -0.1) is 0 Å². The van der Waals surface area contributed by atoms with Crippen LogP contribution in [0.25, 0.3) is 0 Å². The Morgan fingerprint density at radius 3 is 1.58 bits per heavy atom. The summed E-state index contributed by atoms with van der Waals surface area (Å²) >= 11 is 5.91. The molecule has 0 saturated carbocycles. The molecule has 0 spiro atoms. The maximum atomic E-state index is 12.8. The highest BCUT2D eigenvalue weighted by atomic mass is 35.5. The standard InChI is InChI=1S/C43H55ClN2O4/c1-4-5-6-7-8-9-10-11-12-13-14-15-16-17-18-19-20-21-22-25-40(47)45-34-23-24-35-46-42(49)43(2,3)50-39-32-28-37(29-33-39)41(48)36-26-30-38(44)31-27-36/h5-6,8-9,11-12,14-15,17-18,20-21,26-33H,4,7,10,13,16,19,22-25,34-35H2,1-3H3,(H,45,47)(H,46,49). The van der Waals surface area contributed by atoms with Crippen molar-refractivity contribution in [1.82, 2.24) is 10.6 Å². The van der Waals surface area contributed by atoms with Crippen LogP contribution in [-0.2, 0) is 9.59 Å². The van der Waals surface area contributed by atoms with Gasteiger partial charge < -0.3 is 15.4 Å². The molecule has 0 unspecified atom stereocenters. The molecule has 0 aliphatic rings. The molecule has 0 fully saturated rings. The van der Waals surface area contributed by atoms with E-state index in [1.807, 2.05) is 6.08 Å². The molecule has 2 amide bonds. The van der Waals surface area contributed by atoms with E-state index in [-0.39, 0.29) is 17.6 Å². The monoisotopic (exact) mass is 698 g/mol. The summed E-state index contributed by atoms with van der Waals surface area (Å²) in [5, 5.41) is 6.43. The van der Waals surface area contributed by atoms with Crippen LogP contribution in [0.15, 0.2) is 121 Å². The molecule has 0 atom stereocenters. The molecule has 0 aliphatic heterocycles. The maximum absolute atomic E-state index is 12.8. The number of allylic oxidation sites excluding steroid dienone is 12. The number of unbranched alkanes of at least 4 members (excludes halogenated alkanes) is 1. The van der Waals surface area contributed by atoms with Crippen LogP contribution in [0.3, 0.4) is 0 Å². The second-order valence-corrected chi connectivity index (χ2v) is 12.7. The lowest BCUT2D eigenvalue weighted by Gasteiger charge is -2.25. The molecule has 0 heterocycles. The molecule has 0 aliphatic carbocycles. The Balaban J connectivity index is 1.49. The van der Waals surface area contributed by atoms with Gasteiger partial charge in [-0.1, -0.05) is 91.4 Å². The highest BCUT2D eigenvalue weighted by Crippen LogP contribution is 2.21. The first-order valence-electron chi connectivity index (χ1n) is 17.8. The van der Waals surface area contributed by atoms with Crippen molar-refractivity contribution in [3.8, 4) is 5.75 Å². The number of carbonyl (C=O) groups is 3. The van der Waals surface area contributed by atoms with Crippen LogP contribution in [0.4, 0.5) is 0 Å². The lowest BCUT2D eigenvalue weighted by Crippen LogP contribution is -2.46. The fourth-order valence-electron chi connectivity index (χ4n) is 4.62. The van der Waals surface area contributed by atoms with Gasteiger partial charge in [-0.2, -0.15) is 0 Å². The molecular weight excluding hydrogens is 644 g/mol. The van der Waals surface area contributed by atoms with E-state index in [1.54, 1.807) is 62.4 Å². The second-order valence-electron chi connectivity index (χ2n) is 12.2. The molecule has 2 aromatic rings. The van der Waals surface area contributed by atoms with Gasteiger partial charge in [0.25, 0.3) is 5.91 Å². The third-order valence-electron chi connectivity index (χ3n) is 7.49. The van der Waals surface area contributed by atoms with E-state index >= 15 is 0 Å². The zero-order valence-corrected chi connectivity index (χ0v) is 30.8. The lowest BCUT2D eigenvalue weighted by molar-refractivity contribution is -0.134. The molecule has 2 rings (SSSR count). The summed E-state index contributed by atoms with van der Waals surface area (Å²) in [5.74, 6) is 0.166. The average Bonchev–Trinajstić information content (AvgIpc) is 3.10. The third kappa shape index (κ3) is 18.9. The highest BCUT2D eigenvalue weighted by molar-refractivity contribution is 6.30. The van der Waals surface area contributed by atoms with Crippen LogP contribution < -0.4 is 15.4 Å². The number of hydrogen-bond donors (Lipinski definition) is 2. The molecule has 0 aromatic heterocycles. The minimum absolute atomic E-state index is 0.0315. The van der Waals surface area contributed by atoms with Gasteiger partial charge in [0.2, 0.25) is 5.91 Å². The van der Waals surface area contributed by atoms with Crippen molar-refractivity contribution in [2.24, 2.45) is 0 Å². The molecule has 2 N–H and O–H groups in total. The predicted octanol–water partition coefficient (Wildman–Crippen LogP) is 10.2. The van der Waals surface area contributed by atoms with Crippen molar-refractivity contribution in [2.75, 3.05) is 13.1 Å². The van der Waals surface area contributed by atoms with Crippen molar-refractivity contribution < 1.29 is 19.1 Å². The molecule has 0 bridgehead atoms. The van der Waals surface area contributed by atoms with E-state index in [1.165, 1.54) is 0 Å². The maximum Gasteiger partial charge on any atom is 0.263 e. The second kappa shape index (κ2) is 25.5. The van der Waals surface area contributed by atoms with Gasteiger partial charge >= 0.3 is 0 Å². The number of benzene rings is 2. The molecular formula is C43H55ClN2O4. The van der Waals surface area contributed by atoms with Crippen LogP contribution in [0, 0.1) is 0 Å².